The maximum atomic E-state index is 13.3. The van der Waals surface area contributed by atoms with Gasteiger partial charge in [-0.3, -0.25) is 14.4 Å². The third-order valence-corrected chi connectivity index (χ3v) is 6.51. The van der Waals surface area contributed by atoms with Crippen LogP contribution in [0.2, 0.25) is 0 Å². The predicted octanol–water partition coefficient (Wildman–Crippen LogP) is 1.43. The number of aromatic nitrogens is 1. The fourth-order valence-electron chi connectivity index (χ4n) is 4.91. The molecule has 1 aromatic heterocycles. The lowest BCUT2D eigenvalue weighted by atomic mass is 9.80. The van der Waals surface area contributed by atoms with Crippen LogP contribution in [0.15, 0.2) is 34.9 Å². The molecule has 0 saturated carbocycles. The van der Waals surface area contributed by atoms with Gasteiger partial charge in [-0.1, -0.05) is 23.4 Å². The number of aryl methyl sites for hydroxylation is 1. The number of hydrogen-bond donors (Lipinski definition) is 0. The Morgan fingerprint density at radius 1 is 1.12 bits per heavy atom. The zero-order chi connectivity index (χ0) is 23.0. The molecule has 1 aromatic carbocycles. The van der Waals surface area contributed by atoms with Gasteiger partial charge in [-0.05, 0) is 19.1 Å². The van der Waals surface area contributed by atoms with Gasteiger partial charge in [0.1, 0.15) is 5.76 Å². The van der Waals surface area contributed by atoms with Gasteiger partial charge in [-0.2, -0.15) is 0 Å². The van der Waals surface area contributed by atoms with E-state index < -0.39 is 5.41 Å². The van der Waals surface area contributed by atoms with E-state index in [2.05, 4.69) is 5.16 Å². The third kappa shape index (κ3) is 3.56. The number of nitrogens with zero attached hydrogens (tertiary/aromatic N) is 4. The molecule has 2 atom stereocenters. The van der Waals surface area contributed by atoms with Crippen molar-refractivity contribution in [3.63, 3.8) is 0 Å². The smallest absolute Gasteiger partial charge is 0.276 e. The summed E-state index contributed by atoms with van der Waals surface area (Å²) in [5.41, 5.74) is 0.580. The molecule has 0 bridgehead atoms. The molecular formula is C23H28N4O5. The number of methoxy groups -OCH3 is 1. The molecule has 0 aliphatic carbocycles. The summed E-state index contributed by atoms with van der Waals surface area (Å²) in [5.74, 6) is -0.0794. The van der Waals surface area contributed by atoms with Gasteiger partial charge in [-0.15, -0.1) is 0 Å². The molecule has 0 N–H and O–H groups in total. The summed E-state index contributed by atoms with van der Waals surface area (Å²) in [6.45, 7) is 3.24. The van der Waals surface area contributed by atoms with Gasteiger partial charge in [0, 0.05) is 58.9 Å². The van der Waals surface area contributed by atoms with Crippen molar-refractivity contribution in [2.24, 2.45) is 11.3 Å². The lowest BCUT2D eigenvalue weighted by molar-refractivity contribution is -0.139. The van der Waals surface area contributed by atoms with Crippen LogP contribution in [0.25, 0.3) is 0 Å². The van der Waals surface area contributed by atoms with Crippen LogP contribution in [0.3, 0.4) is 0 Å². The molecule has 9 heteroatoms. The largest absolute Gasteiger partial charge is 0.380 e. The second-order valence-corrected chi connectivity index (χ2v) is 8.79. The van der Waals surface area contributed by atoms with E-state index in [1.165, 1.54) is 0 Å². The lowest BCUT2D eigenvalue weighted by Gasteiger charge is -2.30. The topological polar surface area (TPSA) is 96.2 Å². The van der Waals surface area contributed by atoms with Crippen LogP contribution in [0.5, 0.6) is 0 Å². The molecule has 0 radical (unpaired) electrons. The second-order valence-electron chi connectivity index (χ2n) is 8.79. The van der Waals surface area contributed by atoms with Crippen LogP contribution in [-0.4, -0.2) is 85.0 Å². The van der Waals surface area contributed by atoms with E-state index in [0.29, 0.717) is 30.0 Å². The molecule has 3 amide bonds. The Labute approximate surface area is 186 Å². The van der Waals surface area contributed by atoms with Gasteiger partial charge in [0.15, 0.2) is 5.69 Å². The van der Waals surface area contributed by atoms with E-state index in [1.807, 2.05) is 18.2 Å². The summed E-state index contributed by atoms with van der Waals surface area (Å²) in [4.78, 5) is 44.6. The average Bonchev–Trinajstić information content (AvgIpc) is 3.44. The first-order valence-electron chi connectivity index (χ1n) is 10.6. The maximum Gasteiger partial charge on any atom is 0.276 e. The number of likely N-dealkylation sites (tertiary alicyclic amines) is 2. The van der Waals surface area contributed by atoms with Crippen LogP contribution in [0, 0.1) is 18.3 Å². The van der Waals surface area contributed by atoms with Crippen LogP contribution < -0.4 is 0 Å². The van der Waals surface area contributed by atoms with Gasteiger partial charge in [-0.25, -0.2) is 0 Å². The van der Waals surface area contributed by atoms with Crippen molar-refractivity contribution in [3.05, 3.63) is 52.9 Å². The SMILES string of the molecule is COCc1c(C(=O)N2C[C@@H]3CN(C(=O)c4ccccc4)C[C@]3(C(=O)N(C)C)C2)noc1C. The van der Waals surface area contributed by atoms with Crippen molar-refractivity contribution in [2.75, 3.05) is 47.4 Å². The molecule has 3 heterocycles. The highest BCUT2D eigenvalue weighted by Gasteiger charge is 2.59. The lowest BCUT2D eigenvalue weighted by Crippen LogP contribution is -2.48. The first-order valence-corrected chi connectivity index (χ1v) is 10.6. The highest BCUT2D eigenvalue weighted by molar-refractivity contribution is 5.97. The molecule has 9 nitrogen and oxygen atoms in total. The molecule has 2 aliphatic heterocycles. The van der Waals surface area contributed by atoms with E-state index >= 15 is 0 Å². The molecule has 170 valence electrons. The molecule has 0 spiro atoms. The number of fused-ring (bicyclic) bond motifs is 1. The van der Waals surface area contributed by atoms with Crippen molar-refractivity contribution in [1.82, 2.24) is 19.9 Å². The Bertz CT molecular complexity index is 1030. The van der Waals surface area contributed by atoms with Crippen LogP contribution in [-0.2, 0) is 16.1 Å². The molecular weight excluding hydrogens is 412 g/mol. The minimum atomic E-state index is -0.843. The van der Waals surface area contributed by atoms with Crippen LogP contribution in [0.4, 0.5) is 0 Å². The second kappa shape index (κ2) is 8.38. The summed E-state index contributed by atoms with van der Waals surface area (Å²) in [6.07, 6.45) is 0. The minimum Gasteiger partial charge on any atom is -0.380 e. The fourth-order valence-corrected chi connectivity index (χ4v) is 4.91. The van der Waals surface area contributed by atoms with Gasteiger partial charge in [0.25, 0.3) is 11.8 Å². The van der Waals surface area contributed by atoms with Crippen molar-refractivity contribution < 1.29 is 23.6 Å². The molecule has 32 heavy (non-hydrogen) atoms. The average molecular weight is 441 g/mol. The molecule has 2 saturated heterocycles. The summed E-state index contributed by atoms with van der Waals surface area (Å²) >= 11 is 0. The number of benzene rings is 1. The van der Waals surface area contributed by atoms with Crippen molar-refractivity contribution in [2.45, 2.75) is 13.5 Å². The first-order chi connectivity index (χ1) is 15.3. The van der Waals surface area contributed by atoms with E-state index in [1.54, 1.807) is 55.0 Å². The Hall–Kier alpha value is -3.20. The van der Waals surface area contributed by atoms with Crippen molar-refractivity contribution >= 4 is 17.7 Å². The van der Waals surface area contributed by atoms with Gasteiger partial charge in [0.2, 0.25) is 5.91 Å². The minimum absolute atomic E-state index is 0.0744. The highest BCUT2D eigenvalue weighted by atomic mass is 16.5. The maximum absolute atomic E-state index is 13.3. The number of carbonyl (C=O) groups is 3. The zero-order valence-electron chi connectivity index (χ0n) is 18.8. The monoisotopic (exact) mass is 440 g/mol. The summed E-state index contributed by atoms with van der Waals surface area (Å²) in [5, 5.41) is 3.95. The Balaban J connectivity index is 1.60. The quantitative estimate of drug-likeness (QED) is 0.698. The standard InChI is InChI=1S/C23H28N4O5/c1-15-18(12-31-4)19(24-32-15)21(29)27-11-17-10-26(20(28)16-8-6-5-7-9-16)13-23(17,14-27)22(30)25(2)3/h5-9,17H,10-14H2,1-4H3/t17-,23-/m0/s1. The Kier molecular flexibility index (Phi) is 5.77. The van der Waals surface area contributed by atoms with Gasteiger partial charge < -0.3 is 24.0 Å². The Morgan fingerprint density at radius 2 is 1.75 bits per heavy atom. The molecule has 2 aromatic rings. The fraction of sp³-hybridized carbons (Fsp3) is 0.478. The third-order valence-electron chi connectivity index (χ3n) is 6.51. The van der Waals surface area contributed by atoms with Crippen molar-refractivity contribution in [3.8, 4) is 0 Å². The first kappa shape index (κ1) is 22.0. The molecule has 0 unspecified atom stereocenters. The number of carbonyl (C=O) groups excluding carboxylic acids is 3. The molecule has 4 rings (SSSR count). The summed E-state index contributed by atoms with van der Waals surface area (Å²) in [7, 11) is 4.96. The zero-order valence-corrected chi connectivity index (χ0v) is 18.8. The van der Waals surface area contributed by atoms with Crippen molar-refractivity contribution in [1.29, 1.82) is 0 Å². The summed E-state index contributed by atoms with van der Waals surface area (Å²) < 4.78 is 10.4. The van der Waals surface area contributed by atoms with Gasteiger partial charge >= 0.3 is 0 Å². The summed E-state index contributed by atoms with van der Waals surface area (Å²) in [6, 6.07) is 9.05. The van der Waals surface area contributed by atoms with Crippen LogP contribution in [0.1, 0.15) is 32.2 Å². The molecule has 2 aliphatic rings. The number of amides is 3. The van der Waals surface area contributed by atoms with Crippen LogP contribution >= 0.6 is 0 Å². The highest BCUT2D eigenvalue weighted by Crippen LogP contribution is 2.44. The number of ether oxygens (including phenoxy) is 1. The van der Waals surface area contributed by atoms with E-state index in [0.717, 1.165) is 0 Å². The number of rotatable bonds is 5. The van der Waals surface area contributed by atoms with E-state index in [4.69, 9.17) is 9.26 Å². The molecule has 2 fully saturated rings. The van der Waals surface area contributed by atoms with Gasteiger partial charge in [0.05, 0.1) is 17.6 Å². The van der Waals surface area contributed by atoms with E-state index in [-0.39, 0.29) is 49.0 Å². The van der Waals surface area contributed by atoms with E-state index in [9.17, 15) is 14.4 Å². The number of hydrogen-bond acceptors (Lipinski definition) is 6. The Morgan fingerprint density at radius 3 is 2.34 bits per heavy atom. The predicted molar refractivity (Wildman–Crippen MR) is 115 cm³/mol. The normalized spacial score (nSPS) is 22.2.